The number of cyclic esters (lactones) is 1. The van der Waals surface area contributed by atoms with Crippen LogP contribution in [0.25, 0.3) is 33.3 Å². The third kappa shape index (κ3) is 10.2. The average molecular weight is 915 g/mol. The van der Waals surface area contributed by atoms with E-state index in [9.17, 15) is 34.3 Å². The number of hydrazine groups is 1. The van der Waals surface area contributed by atoms with Gasteiger partial charge in [0.25, 0.3) is 5.91 Å². The molecule has 16 nitrogen and oxygen atoms in total. The van der Waals surface area contributed by atoms with Gasteiger partial charge >= 0.3 is 5.97 Å². The number of benzene rings is 2. The van der Waals surface area contributed by atoms with Gasteiger partial charge in [-0.1, -0.05) is 46.4 Å². The number of esters is 1. The fourth-order valence-corrected chi connectivity index (χ4v) is 9.90. The summed E-state index contributed by atoms with van der Waals surface area (Å²) in [4.78, 5) is 76.9. The maximum absolute atomic E-state index is 14.7. The molecule has 67 heavy (non-hydrogen) atoms. The van der Waals surface area contributed by atoms with Crippen molar-refractivity contribution in [3.8, 4) is 34.2 Å². The molecule has 0 aliphatic carbocycles. The first-order valence-electron chi connectivity index (χ1n) is 23.0. The molecule has 0 unspecified atom stereocenters. The predicted octanol–water partition coefficient (Wildman–Crippen LogP) is 5.47. The van der Waals surface area contributed by atoms with Crippen molar-refractivity contribution < 1.29 is 38.6 Å². The summed E-state index contributed by atoms with van der Waals surface area (Å²) in [7, 11) is 3.19. The van der Waals surface area contributed by atoms with E-state index in [0.29, 0.717) is 50.0 Å². The molecule has 0 radical (unpaired) electrons. The van der Waals surface area contributed by atoms with Crippen LogP contribution in [0.2, 0.25) is 0 Å². The number of hydrogen-bond acceptors (Lipinski definition) is 11. The minimum Gasteiger partial charge on any atom is -0.508 e. The molecule has 3 aliphatic rings. The van der Waals surface area contributed by atoms with Crippen LogP contribution >= 0.6 is 0 Å². The van der Waals surface area contributed by atoms with Gasteiger partial charge < -0.3 is 34.3 Å². The second-order valence-corrected chi connectivity index (χ2v) is 19.2. The summed E-state index contributed by atoms with van der Waals surface area (Å²) in [5.74, 6) is -3.05. The second kappa shape index (κ2) is 20.1. The first kappa shape index (κ1) is 48.4. The predicted molar refractivity (Wildman–Crippen MR) is 252 cm³/mol. The van der Waals surface area contributed by atoms with Gasteiger partial charge in [-0.3, -0.25) is 34.0 Å². The largest absolute Gasteiger partial charge is 0.508 e. The summed E-state index contributed by atoms with van der Waals surface area (Å²) in [5, 5.41) is 27.0. The highest BCUT2D eigenvalue weighted by molar-refractivity contribution is 5.96. The van der Waals surface area contributed by atoms with Gasteiger partial charge in [0.1, 0.15) is 29.9 Å². The van der Waals surface area contributed by atoms with Crippen LogP contribution in [0.4, 0.5) is 0 Å². The molecule has 2 saturated heterocycles. The Kier molecular flexibility index (Phi) is 14.5. The molecule has 4 aromatic rings. The summed E-state index contributed by atoms with van der Waals surface area (Å²) in [6.07, 6.45) is 6.43. The summed E-state index contributed by atoms with van der Waals surface area (Å²) in [6, 6.07) is 11.7. The number of likely N-dealkylation sites (tertiary alicyclic amines) is 1. The number of methoxy groups -OCH3 is 1. The van der Waals surface area contributed by atoms with E-state index in [-0.39, 0.29) is 49.6 Å². The Morgan fingerprint density at radius 1 is 1.12 bits per heavy atom. The lowest BCUT2D eigenvalue weighted by Crippen LogP contribution is -2.62. The molecular weight excluding hydrogens is 853 g/mol. The molecule has 354 valence electrons. The third-order valence-corrected chi connectivity index (χ3v) is 13.2. The fraction of sp³-hybridized carbons (Fsp3) is 0.471. The van der Waals surface area contributed by atoms with Crippen molar-refractivity contribution in [2.24, 2.45) is 17.3 Å². The Labute approximate surface area is 391 Å². The number of aromatic nitrogens is 2. The average Bonchev–Trinajstić information content (AvgIpc) is 3.92. The molecule has 4 amide bonds. The van der Waals surface area contributed by atoms with Crippen LogP contribution in [0, 0.1) is 28.6 Å². The van der Waals surface area contributed by atoms with Crippen LogP contribution in [0.5, 0.6) is 5.75 Å². The van der Waals surface area contributed by atoms with E-state index in [2.05, 4.69) is 28.4 Å². The standard InChI is InChI=1S/C51H62N8O8/c1-9-44(61)57-18-15-34(27-57)48(63)56(7)45(30(2)3)47(62)54-42-21-32-19-36(22-37(60)20-32)33-12-13-43-38(23-33)39(46(59(43)31(4)25-52)40-26-53-16-14-35(40)28-66-8)24-51(5,6)29-67-50(65)41-11-10-17-58(55-41)49(42)64/h9,12-14,16,19-20,22-23,26,30-31,34,41-42,45,55,60H,1,10-11,15,17-18,21,24,27-29H2,2-8H3,(H,54,62)/t31-,34+,41+,42+,45+/m1/s1. The Hall–Kier alpha value is -6.57. The van der Waals surface area contributed by atoms with Crippen LogP contribution < -0.4 is 10.7 Å². The van der Waals surface area contributed by atoms with Crippen LogP contribution in [0.15, 0.2) is 67.5 Å². The Morgan fingerprint density at radius 2 is 1.90 bits per heavy atom. The highest BCUT2D eigenvalue weighted by atomic mass is 16.5. The zero-order chi connectivity index (χ0) is 48.3. The van der Waals surface area contributed by atoms with Crippen molar-refractivity contribution in [2.75, 3.05) is 40.4 Å². The lowest BCUT2D eigenvalue weighted by molar-refractivity contribution is -0.155. The number of carbonyl (C=O) groups excluding carboxylic acids is 5. The first-order valence-corrected chi connectivity index (χ1v) is 23.0. The van der Waals surface area contributed by atoms with Gasteiger partial charge in [0.2, 0.25) is 17.7 Å². The van der Waals surface area contributed by atoms with Crippen LogP contribution in [-0.2, 0) is 52.9 Å². The number of hydrogen-bond donors (Lipinski definition) is 3. The molecule has 0 spiro atoms. The number of fused-ring (bicyclic) bond motifs is 6. The second-order valence-electron chi connectivity index (χ2n) is 19.2. The minimum absolute atomic E-state index is 0.0381. The number of likely N-dealkylation sites (N-methyl/N-ethyl adjacent to an activating group) is 1. The van der Waals surface area contributed by atoms with Crippen molar-refractivity contribution >= 4 is 40.5 Å². The van der Waals surface area contributed by atoms with Gasteiger partial charge in [-0.05, 0) is 103 Å². The van der Waals surface area contributed by atoms with Gasteiger partial charge in [-0.2, -0.15) is 5.26 Å². The molecule has 5 atom stereocenters. The zero-order valence-electron chi connectivity index (χ0n) is 39.5. The third-order valence-electron chi connectivity index (χ3n) is 13.2. The van der Waals surface area contributed by atoms with Crippen molar-refractivity contribution in [1.82, 2.24) is 35.1 Å². The van der Waals surface area contributed by atoms with Gasteiger partial charge in [0.05, 0.1) is 36.4 Å². The molecular formula is C51H62N8O8. The number of phenolic OH excluding ortho intramolecular Hbond substituents is 1. The van der Waals surface area contributed by atoms with Gasteiger partial charge in [-0.25, -0.2) is 5.43 Å². The normalized spacial score (nSPS) is 20.7. The Morgan fingerprint density at radius 3 is 2.61 bits per heavy atom. The molecule has 2 aromatic carbocycles. The van der Waals surface area contributed by atoms with E-state index in [1.165, 1.54) is 16.0 Å². The molecule has 2 aromatic heterocycles. The van der Waals surface area contributed by atoms with E-state index in [1.807, 2.05) is 69.5 Å². The summed E-state index contributed by atoms with van der Waals surface area (Å²) in [6.45, 7) is 14.3. The van der Waals surface area contributed by atoms with Gasteiger partial charge in [0, 0.05) is 69.0 Å². The molecule has 6 bridgehead atoms. The van der Waals surface area contributed by atoms with Crippen LogP contribution in [0.3, 0.4) is 0 Å². The number of nitrogens with one attached hydrogen (secondary N) is 2. The number of aromatic hydroxyl groups is 1. The maximum Gasteiger partial charge on any atom is 0.324 e. The number of nitriles is 1. The number of amides is 4. The first-order chi connectivity index (χ1) is 31.9. The number of pyridine rings is 1. The number of carbonyl (C=O) groups is 5. The summed E-state index contributed by atoms with van der Waals surface area (Å²) < 4.78 is 13.7. The van der Waals surface area contributed by atoms with Gasteiger partial charge in [0.15, 0.2) is 0 Å². The van der Waals surface area contributed by atoms with Gasteiger partial charge in [-0.15, -0.1) is 0 Å². The van der Waals surface area contributed by atoms with E-state index >= 15 is 0 Å². The highest BCUT2D eigenvalue weighted by Gasteiger charge is 2.40. The molecule has 0 saturated carbocycles. The van der Waals surface area contributed by atoms with Crippen LogP contribution in [0.1, 0.15) is 76.6 Å². The van der Waals surface area contributed by atoms with E-state index in [0.717, 1.165) is 38.9 Å². The lowest BCUT2D eigenvalue weighted by atomic mass is 9.84. The molecule has 3 aliphatic heterocycles. The highest BCUT2D eigenvalue weighted by Crippen LogP contribution is 2.43. The lowest BCUT2D eigenvalue weighted by Gasteiger charge is -2.37. The Bertz CT molecular complexity index is 2610. The van der Waals surface area contributed by atoms with Crippen molar-refractivity contribution in [3.05, 3.63) is 84.2 Å². The number of phenols is 1. The minimum atomic E-state index is -1.20. The molecule has 7 rings (SSSR count). The number of ether oxygens (including phenoxy) is 2. The van der Waals surface area contributed by atoms with Crippen molar-refractivity contribution in [2.45, 2.75) is 97.5 Å². The molecule has 2 fully saturated rings. The van der Waals surface area contributed by atoms with Crippen LogP contribution in [-0.4, -0.2) is 118 Å². The molecule has 5 heterocycles. The number of rotatable bonds is 10. The number of nitrogens with zero attached hydrogens (tertiary/aromatic N) is 6. The molecule has 3 N–H and O–H groups in total. The zero-order valence-corrected chi connectivity index (χ0v) is 39.5. The van der Waals surface area contributed by atoms with Crippen molar-refractivity contribution in [3.63, 3.8) is 0 Å². The summed E-state index contributed by atoms with van der Waals surface area (Å²) in [5.41, 5.74) is 8.62. The van der Waals surface area contributed by atoms with E-state index in [4.69, 9.17) is 9.47 Å². The monoisotopic (exact) mass is 914 g/mol. The smallest absolute Gasteiger partial charge is 0.324 e. The SMILES string of the molecule is C=CC(=O)N1CC[C@H](C(=O)N(C)[C@H](C(=O)N[C@H]2Cc3cc(O)cc(c3)-c3ccc4c(c3)c(c(-c3cnccc3COC)n4[C@H](C)C#N)CC(C)(C)COC(=O)[C@@H]3CCCN(N3)C2=O)C(C)C)C1. The maximum atomic E-state index is 14.7. The van der Waals surface area contributed by atoms with Crippen molar-refractivity contribution in [1.29, 1.82) is 5.26 Å². The fourth-order valence-electron chi connectivity index (χ4n) is 9.90. The molecule has 16 heteroatoms. The summed E-state index contributed by atoms with van der Waals surface area (Å²) >= 11 is 0. The van der Waals surface area contributed by atoms with E-state index < -0.39 is 53.3 Å². The Balaban J connectivity index is 1.33. The topological polar surface area (TPSA) is 199 Å². The van der Waals surface area contributed by atoms with E-state index in [1.54, 1.807) is 43.6 Å². The quantitative estimate of drug-likeness (QED) is 0.135.